The highest BCUT2D eigenvalue weighted by molar-refractivity contribution is 5.90. The van der Waals surface area contributed by atoms with Crippen molar-refractivity contribution in [1.82, 2.24) is 9.97 Å². The second kappa shape index (κ2) is 8.12. The Hall–Kier alpha value is -3.45. The number of hydrogen-bond acceptors (Lipinski definition) is 4. The Morgan fingerprint density at radius 3 is 2.33 bits per heavy atom. The predicted octanol–water partition coefficient (Wildman–Crippen LogP) is 5.46. The second-order valence-corrected chi connectivity index (χ2v) is 6.78. The third-order valence-corrected chi connectivity index (χ3v) is 4.75. The van der Waals surface area contributed by atoms with Crippen LogP contribution in [-0.2, 0) is 6.18 Å². The number of halogens is 3. The lowest BCUT2D eigenvalue weighted by Crippen LogP contribution is -2.16. The molecule has 0 spiro atoms. The van der Waals surface area contributed by atoms with E-state index in [1.807, 2.05) is 42.5 Å². The number of hydrogen-bond donors (Lipinski definition) is 2. The van der Waals surface area contributed by atoms with Gasteiger partial charge in [0.25, 0.3) is 0 Å². The van der Waals surface area contributed by atoms with Gasteiger partial charge in [-0.3, -0.25) is 0 Å². The fourth-order valence-corrected chi connectivity index (χ4v) is 3.24. The van der Waals surface area contributed by atoms with Crippen molar-refractivity contribution >= 4 is 16.7 Å². The van der Waals surface area contributed by atoms with Crippen molar-refractivity contribution in [2.24, 2.45) is 0 Å². The molecule has 30 heavy (non-hydrogen) atoms. The van der Waals surface area contributed by atoms with E-state index < -0.39 is 17.8 Å². The number of nitrogens with one attached hydrogen (secondary N) is 1. The van der Waals surface area contributed by atoms with E-state index in [1.165, 1.54) is 6.07 Å². The quantitative estimate of drug-likeness (QED) is 0.460. The first-order valence-electron chi connectivity index (χ1n) is 9.32. The van der Waals surface area contributed by atoms with Crippen LogP contribution in [0, 0.1) is 0 Å². The van der Waals surface area contributed by atoms with Crippen molar-refractivity contribution in [3.8, 4) is 11.4 Å². The van der Waals surface area contributed by atoms with Crippen LogP contribution in [0.1, 0.15) is 17.2 Å². The Balaban J connectivity index is 1.81. The van der Waals surface area contributed by atoms with Crippen molar-refractivity contribution in [3.63, 3.8) is 0 Å². The van der Waals surface area contributed by atoms with Gasteiger partial charge in [0.2, 0.25) is 0 Å². The fourth-order valence-electron chi connectivity index (χ4n) is 3.24. The number of para-hydroxylation sites is 1. The number of alkyl halides is 3. The van der Waals surface area contributed by atoms with Crippen LogP contribution < -0.4 is 5.32 Å². The molecule has 1 aromatic heterocycles. The van der Waals surface area contributed by atoms with Gasteiger partial charge in [0.15, 0.2) is 5.82 Å². The fraction of sp³-hybridized carbons (Fsp3) is 0.130. The summed E-state index contributed by atoms with van der Waals surface area (Å²) in [5.41, 5.74) is 0.957. The number of fused-ring (bicyclic) bond motifs is 1. The Labute approximate surface area is 171 Å². The van der Waals surface area contributed by atoms with E-state index in [4.69, 9.17) is 0 Å². The molecule has 7 heteroatoms. The summed E-state index contributed by atoms with van der Waals surface area (Å²) in [6.45, 7) is -0.179. The molecule has 4 nitrogen and oxygen atoms in total. The number of rotatable bonds is 5. The number of aromatic nitrogens is 2. The number of anilines is 1. The average Bonchev–Trinajstić information content (AvgIpc) is 2.77. The summed E-state index contributed by atoms with van der Waals surface area (Å²) in [5.74, 6) is 0.614. The number of benzene rings is 3. The van der Waals surface area contributed by atoms with Crippen LogP contribution >= 0.6 is 0 Å². The molecule has 0 unspecified atom stereocenters. The maximum absolute atomic E-state index is 13.1. The molecule has 0 amide bonds. The van der Waals surface area contributed by atoms with Crippen molar-refractivity contribution in [1.29, 1.82) is 0 Å². The molecule has 0 radical (unpaired) electrons. The summed E-state index contributed by atoms with van der Waals surface area (Å²) < 4.78 is 39.4. The van der Waals surface area contributed by atoms with E-state index in [2.05, 4.69) is 15.3 Å². The van der Waals surface area contributed by atoms with Gasteiger partial charge < -0.3 is 10.4 Å². The topological polar surface area (TPSA) is 58.0 Å². The predicted molar refractivity (Wildman–Crippen MR) is 110 cm³/mol. The lowest BCUT2D eigenvalue weighted by molar-refractivity contribution is -0.137. The van der Waals surface area contributed by atoms with Crippen LogP contribution in [-0.4, -0.2) is 21.7 Å². The van der Waals surface area contributed by atoms with Crippen LogP contribution in [0.3, 0.4) is 0 Å². The Kier molecular flexibility index (Phi) is 5.37. The van der Waals surface area contributed by atoms with Gasteiger partial charge in [-0.05, 0) is 29.8 Å². The van der Waals surface area contributed by atoms with Crippen LogP contribution in [0.15, 0.2) is 78.9 Å². The second-order valence-electron chi connectivity index (χ2n) is 6.78. The summed E-state index contributed by atoms with van der Waals surface area (Å²) >= 11 is 0. The average molecular weight is 409 g/mol. The monoisotopic (exact) mass is 409 g/mol. The Morgan fingerprint density at radius 1 is 0.867 bits per heavy atom. The minimum atomic E-state index is -4.46. The lowest BCUT2D eigenvalue weighted by atomic mass is 10.1. The standard InChI is InChI=1S/C23H18F3N3O/c24-23(25,26)17-10-6-9-16(13-17)21-27-19-12-5-4-11-18(19)22(29-21)28-20(14-30)15-7-2-1-3-8-15/h1-13,20,30H,14H2,(H,27,28,29)/t20-/m1/s1. The molecule has 2 N–H and O–H groups in total. The molecule has 0 bridgehead atoms. The summed E-state index contributed by atoms with van der Waals surface area (Å²) in [6, 6.07) is 21.1. The molecule has 0 saturated heterocycles. The number of nitrogens with zero attached hydrogens (tertiary/aromatic N) is 2. The molecule has 0 aliphatic carbocycles. The van der Waals surface area contributed by atoms with Gasteiger partial charge in [0, 0.05) is 10.9 Å². The van der Waals surface area contributed by atoms with Crippen LogP contribution in [0.2, 0.25) is 0 Å². The minimum absolute atomic E-state index is 0.173. The van der Waals surface area contributed by atoms with Gasteiger partial charge >= 0.3 is 6.18 Å². The van der Waals surface area contributed by atoms with Crippen LogP contribution in [0.4, 0.5) is 19.0 Å². The smallest absolute Gasteiger partial charge is 0.394 e. The van der Waals surface area contributed by atoms with Gasteiger partial charge in [-0.1, -0.05) is 54.6 Å². The van der Waals surface area contributed by atoms with E-state index in [9.17, 15) is 18.3 Å². The van der Waals surface area contributed by atoms with E-state index in [0.29, 0.717) is 16.7 Å². The Bertz CT molecular complexity index is 1160. The summed E-state index contributed by atoms with van der Waals surface area (Å²) in [5, 5.41) is 13.8. The normalized spacial score (nSPS) is 12.7. The molecule has 0 fully saturated rings. The molecule has 1 heterocycles. The molecule has 152 valence electrons. The zero-order valence-corrected chi connectivity index (χ0v) is 15.8. The molecule has 4 aromatic rings. The molecule has 3 aromatic carbocycles. The largest absolute Gasteiger partial charge is 0.416 e. The van der Waals surface area contributed by atoms with E-state index >= 15 is 0 Å². The minimum Gasteiger partial charge on any atom is -0.394 e. The van der Waals surface area contributed by atoms with Crippen molar-refractivity contribution < 1.29 is 18.3 Å². The van der Waals surface area contributed by atoms with E-state index in [1.54, 1.807) is 18.2 Å². The van der Waals surface area contributed by atoms with Gasteiger partial charge in [-0.25, -0.2) is 9.97 Å². The lowest BCUT2D eigenvalue weighted by Gasteiger charge is -2.19. The van der Waals surface area contributed by atoms with Crippen molar-refractivity contribution in [2.45, 2.75) is 12.2 Å². The highest BCUT2D eigenvalue weighted by atomic mass is 19.4. The zero-order valence-electron chi connectivity index (χ0n) is 15.8. The molecule has 0 aliphatic heterocycles. The summed E-state index contributed by atoms with van der Waals surface area (Å²) in [6.07, 6.45) is -4.46. The molecular weight excluding hydrogens is 391 g/mol. The SMILES string of the molecule is OC[C@@H](Nc1nc(-c2cccc(C(F)(F)F)c2)nc2ccccc12)c1ccccc1. The zero-order chi connectivity index (χ0) is 21.1. The third kappa shape index (κ3) is 4.11. The van der Waals surface area contributed by atoms with Gasteiger partial charge in [0.05, 0.1) is 23.7 Å². The van der Waals surface area contributed by atoms with Crippen LogP contribution in [0.25, 0.3) is 22.3 Å². The first-order chi connectivity index (χ1) is 14.5. The van der Waals surface area contributed by atoms with Crippen LogP contribution in [0.5, 0.6) is 0 Å². The summed E-state index contributed by atoms with van der Waals surface area (Å²) in [7, 11) is 0. The summed E-state index contributed by atoms with van der Waals surface area (Å²) in [4.78, 5) is 8.96. The van der Waals surface area contributed by atoms with Gasteiger partial charge in [0.1, 0.15) is 5.82 Å². The maximum atomic E-state index is 13.1. The van der Waals surface area contributed by atoms with E-state index in [-0.39, 0.29) is 18.0 Å². The highest BCUT2D eigenvalue weighted by Gasteiger charge is 2.30. The maximum Gasteiger partial charge on any atom is 0.416 e. The Morgan fingerprint density at radius 2 is 1.60 bits per heavy atom. The van der Waals surface area contributed by atoms with Gasteiger partial charge in [-0.2, -0.15) is 13.2 Å². The van der Waals surface area contributed by atoms with Gasteiger partial charge in [-0.15, -0.1) is 0 Å². The molecule has 1 atom stereocenters. The third-order valence-electron chi connectivity index (χ3n) is 4.75. The molecular formula is C23H18F3N3O. The highest BCUT2D eigenvalue weighted by Crippen LogP contribution is 2.33. The first-order valence-corrected chi connectivity index (χ1v) is 9.32. The number of aliphatic hydroxyl groups excluding tert-OH is 1. The number of aliphatic hydroxyl groups is 1. The molecule has 4 rings (SSSR count). The van der Waals surface area contributed by atoms with Crippen molar-refractivity contribution in [2.75, 3.05) is 11.9 Å². The molecule has 0 aliphatic rings. The first kappa shape index (κ1) is 19.8. The molecule has 0 saturated carbocycles. The van der Waals surface area contributed by atoms with E-state index in [0.717, 1.165) is 17.7 Å². The van der Waals surface area contributed by atoms with Crippen molar-refractivity contribution in [3.05, 3.63) is 90.0 Å².